The lowest BCUT2D eigenvalue weighted by Crippen LogP contribution is -2.62. The number of hydrogen-bond donors (Lipinski definition) is 5. The van der Waals surface area contributed by atoms with Gasteiger partial charge in [0.15, 0.2) is 5.78 Å². The predicted molar refractivity (Wildman–Crippen MR) is 160 cm³/mol. The van der Waals surface area contributed by atoms with Gasteiger partial charge in [-0.25, -0.2) is 0 Å². The fraction of sp³-hybridized carbons (Fsp3) is 0.800. The van der Waals surface area contributed by atoms with Gasteiger partial charge in [-0.1, -0.05) is 54.4 Å². The third-order valence-corrected chi connectivity index (χ3v) is 8.15. The summed E-state index contributed by atoms with van der Waals surface area (Å²) in [5.41, 5.74) is -0.899. The average Bonchev–Trinajstić information content (AvgIpc) is 3.69. The van der Waals surface area contributed by atoms with Crippen LogP contribution < -0.4 is 21.3 Å². The van der Waals surface area contributed by atoms with Gasteiger partial charge in [0.1, 0.15) is 29.8 Å². The SMILES string of the molecule is CC[C@H](C)[C@H](NC(=O)[C@H]([C@@H](C)CC)N(C)C(C)=O)C(=O)N[C@H](C(=O)N[C@@H](CC(C)C)C(=O)NCC(=O)[C@@]1(C)CO1)[C@@H](C)O. The number of amides is 5. The average molecular weight is 612 g/mol. The second-order valence-electron chi connectivity index (χ2n) is 12.4. The van der Waals surface area contributed by atoms with E-state index in [0.29, 0.717) is 12.8 Å². The number of aliphatic hydroxyl groups excluding tert-OH is 1. The molecule has 1 aliphatic rings. The van der Waals surface area contributed by atoms with E-state index in [2.05, 4.69) is 21.3 Å². The van der Waals surface area contributed by atoms with Crippen molar-refractivity contribution >= 4 is 35.3 Å². The summed E-state index contributed by atoms with van der Waals surface area (Å²) in [4.78, 5) is 78.8. The highest BCUT2D eigenvalue weighted by atomic mass is 16.6. The van der Waals surface area contributed by atoms with Crippen molar-refractivity contribution in [1.82, 2.24) is 26.2 Å². The zero-order chi connectivity index (χ0) is 33.2. The number of likely N-dealkylation sites (N-methyl/N-ethyl adjacent to an activating group) is 1. The molecule has 0 unspecified atom stereocenters. The number of rotatable bonds is 18. The van der Waals surface area contributed by atoms with Crippen LogP contribution >= 0.6 is 0 Å². The first-order valence-electron chi connectivity index (χ1n) is 15.2. The van der Waals surface area contributed by atoms with E-state index < -0.39 is 59.5 Å². The minimum absolute atomic E-state index is 0.00721. The normalized spacial score (nSPS) is 20.8. The highest BCUT2D eigenvalue weighted by Gasteiger charge is 2.46. The Bertz CT molecular complexity index is 1010. The van der Waals surface area contributed by atoms with Gasteiger partial charge in [0.2, 0.25) is 29.5 Å². The molecule has 1 rings (SSSR count). The first-order valence-corrected chi connectivity index (χ1v) is 15.2. The number of nitrogens with one attached hydrogen (secondary N) is 4. The van der Waals surface area contributed by atoms with E-state index in [0.717, 1.165) is 0 Å². The first kappa shape index (κ1) is 38.0. The standard InChI is InChI=1S/C30H53N5O8/c1-11-17(5)23(33-29(42)25(18(6)12-2)35(10)20(8)37)27(40)34-24(19(7)36)28(41)32-21(13-16(3)4)26(39)31-14-22(38)30(9)15-43-30/h16-19,21,23-25,36H,11-15H2,1-10H3,(H,31,39)(H,32,41)(H,33,42)(H,34,40)/t17-,18-,19+,21-,23-,24-,25-,30+/m0/s1. The summed E-state index contributed by atoms with van der Waals surface area (Å²) in [5, 5.41) is 20.9. The lowest BCUT2D eigenvalue weighted by Gasteiger charge is -2.34. The van der Waals surface area contributed by atoms with Gasteiger partial charge < -0.3 is 36.0 Å². The van der Waals surface area contributed by atoms with Crippen LogP contribution in [0.4, 0.5) is 0 Å². The molecule has 5 amide bonds. The number of hydrogen-bond acceptors (Lipinski definition) is 8. The van der Waals surface area contributed by atoms with Gasteiger partial charge in [-0.2, -0.15) is 0 Å². The van der Waals surface area contributed by atoms with E-state index in [1.165, 1.54) is 25.8 Å². The maximum absolute atomic E-state index is 13.5. The smallest absolute Gasteiger partial charge is 0.245 e. The van der Waals surface area contributed by atoms with Gasteiger partial charge in [0.05, 0.1) is 19.3 Å². The molecule has 0 aromatic rings. The second-order valence-corrected chi connectivity index (χ2v) is 12.4. The Kier molecular flexibility index (Phi) is 14.7. The van der Waals surface area contributed by atoms with Gasteiger partial charge in [-0.3, -0.25) is 28.8 Å². The summed E-state index contributed by atoms with van der Waals surface area (Å²) < 4.78 is 5.11. The molecular formula is C30H53N5O8. The molecular weight excluding hydrogens is 558 g/mol. The van der Waals surface area contributed by atoms with Crippen LogP contribution in [0.5, 0.6) is 0 Å². The topological polar surface area (TPSA) is 187 Å². The summed E-state index contributed by atoms with van der Waals surface area (Å²) in [6.45, 7) is 15.4. The number of epoxide rings is 1. The molecule has 1 fully saturated rings. The maximum Gasteiger partial charge on any atom is 0.245 e. The molecule has 0 aromatic heterocycles. The molecule has 5 N–H and O–H groups in total. The quantitative estimate of drug-likeness (QED) is 0.137. The number of nitrogens with zero attached hydrogens (tertiary/aromatic N) is 1. The van der Waals surface area contributed by atoms with E-state index in [4.69, 9.17) is 4.74 Å². The van der Waals surface area contributed by atoms with Gasteiger partial charge in [-0.05, 0) is 38.0 Å². The highest BCUT2D eigenvalue weighted by molar-refractivity contribution is 5.97. The van der Waals surface area contributed by atoms with Crippen LogP contribution in [0.1, 0.15) is 81.6 Å². The largest absolute Gasteiger partial charge is 0.391 e. The molecule has 246 valence electrons. The van der Waals surface area contributed by atoms with Crippen LogP contribution in [0.25, 0.3) is 0 Å². The van der Waals surface area contributed by atoms with Crippen molar-refractivity contribution in [3.05, 3.63) is 0 Å². The molecule has 0 bridgehead atoms. The molecule has 43 heavy (non-hydrogen) atoms. The summed E-state index contributed by atoms with van der Waals surface area (Å²) >= 11 is 0. The van der Waals surface area contributed by atoms with Gasteiger partial charge >= 0.3 is 0 Å². The number of aliphatic hydroxyl groups is 1. The van der Waals surface area contributed by atoms with Crippen molar-refractivity contribution in [2.24, 2.45) is 17.8 Å². The van der Waals surface area contributed by atoms with Gasteiger partial charge in [0.25, 0.3) is 0 Å². The first-order chi connectivity index (χ1) is 19.9. The van der Waals surface area contributed by atoms with Crippen LogP contribution in [0.3, 0.4) is 0 Å². The summed E-state index contributed by atoms with van der Waals surface area (Å²) in [6.07, 6.45) is 0.0313. The number of carbonyl (C=O) groups is 6. The highest BCUT2D eigenvalue weighted by Crippen LogP contribution is 2.26. The molecule has 8 atom stereocenters. The van der Waals surface area contributed by atoms with Crippen LogP contribution in [-0.2, 0) is 33.5 Å². The third kappa shape index (κ3) is 11.2. The predicted octanol–water partition coefficient (Wildman–Crippen LogP) is 0.281. The fourth-order valence-corrected chi connectivity index (χ4v) is 4.54. The van der Waals surface area contributed by atoms with Crippen molar-refractivity contribution in [2.45, 2.75) is 117 Å². The number of ether oxygens (including phenoxy) is 1. The van der Waals surface area contributed by atoms with E-state index >= 15 is 0 Å². The molecule has 0 saturated carbocycles. The summed E-state index contributed by atoms with van der Waals surface area (Å²) in [6, 6.07) is -4.35. The minimum Gasteiger partial charge on any atom is -0.391 e. The van der Waals surface area contributed by atoms with Crippen LogP contribution in [0.2, 0.25) is 0 Å². The number of ketones is 1. The van der Waals surface area contributed by atoms with Crippen LogP contribution in [-0.4, -0.2) is 101 Å². The zero-order valence-corrected chi connectivity index (χ0v) is 27.4. The second kappa shape index (κ2) is 16.7. The monoisotopic (exact) mass is 611 g/mol. The number of carbonyl (C=O) groups excluding carboxylic acids is 6. The Labute approximate surface area is 255 Å². The molecule has 13 heteroatoms. The Morgan fingerprint density at radius 3 is 1.79 bits per heavy atom. The van der Waals surface area contributed by atoms with Crippen molar-refractivity contribution in [3.63, 3.8) is 0 Å². The minimum atomic E-state index is -1.44. The molecule has 1 aliphatic heterocycles. The van der Waals surface area contributed by atoms with Crippen molar-refractivity contribution in [3.8, 4) is 0 Å². The summed E-state index contributed by atoms with van der Waals surface area (Å²) in [7, 11) is 1.53. The Morgan fingerprint density at radius 2 is 1.35 bits per heavy atom. The van der Waals surface area contributed by atoms with Gasteiger partial charge in [0, 0.05) is 14.0 Å². The molecule has 0 spiro atoms. The molecule has 1 heterocycles. The Morgan fingerprint density at radius 1 is 0.837 bits per heavy atom. The molecule has 0 radical (unpaired) electrons. The van der Waals surface area contributed by atoms with Crippen LogP contribution in [0.15, 0.2) is 0 Å². The Hall–Kier alpha value is -3.06. The lowest BCUT2D eigenvalue weighted by atomic mass is 9.94. The maximum atomic E-state index is 13.5. The fourth-order valence-electron chi connectivity index (χ4n) is 4.54. The third-order valence-electron chi connectivity index (χ3n) is 8.15. The zero-order valence-electron chi connectivity index (χ0n) is 27.4. The Balaban J connectivity index is 3.10. The van der Waals surface area contributed by atoms with Gasteiger partial charge in [-0.15, -0.1) is 0 Å². The molecule has 13 nitrogen and oxygen atoms in total. The molecule has 0 aliphatic carbocycles. The van der Waals surface area contributed by atoms with E-state index in [-0.39, 0.29) is 49.0 Å². The van der Waals surface area contributed by atoms with Crippen LogP contribution in [0, 0.1) is 17.8 Å². The molecule has 0 aromatic carbocycles. The van der Waals surface area contributed by atoms with Crippen molar-refractivity contribution < 1.29 is 38.6 Å². The van der Waals surface area contributed by atoms with Crippen molar-refractivity contribution in [1.29, 1.82) is 0 Å². The van der Waals surface area contributed by atoms with E-state index in [1.54, 1.807) is 13.8 Å². The lowest BCUT2D eigenvalue weighted by molar-refractivity contribution is -0.141. The molecule has 1 saturated heterocycles. The summed E-state index contributed by atoms with van der Waals surface area (Å²) in [5.74, 6) is -3.69. The number of Topliss-reactive ketones (excluding diaryl/α,β-unsaturated/α-hetero) is 1. The van der Waals surface area contributed by atoms with Crippen molar-refractivity contribution in [2.75, 3.05) is 20.2 Å². The van der Waals surface area contributed by atoms with E-state index in [9.17, 15) is 33.9 Å². The van der Waals surface area contributed by atoms with E-state index in [1.807, 2.05) is 34.6 Å².